The SMILES string of the molecule is C#C/C(C)=C/Cc1cnco1. The van der Waals surface area contributed by atoms with Gasteiger partial charge in [0.1, 0.15) is 5.76 Å². The van der Waals surface area contributed by atoms with Crippen molar-refractivity contribution in [3.8, 4) is 12.3 Å². The summed E-state index contributed by atoms with van der Waals surface area (Å²) >= 11 is 0. The maximum Gasteiger partial charge on any atom is 0.180 e. The third-order valence-corrected chi connectivity index (χ3v) is 1.32. The van der Waals surface area contributed by atoms with E-state index in [4.69, 9.17) is 10.8 Å². The van der Waals surface area contributed by atoms with Crippen LogP contribution < -0.4 is 0 Å². The molecule has 11 heavy (non-hydrogen) atoms. The number of allylic oxidation sites excluding steroid dienone is 2. The summed E-state index contributed by atoms with van der Waals surface area (Å²) in [5, 5.41) is 0. The second-order valence-corrected chi connectivity index (χ2v) is 2.20. The monoisotopic (exact) mass is 147 g/mol. The number of hydrogen-bond acceptors (Lipinski definition) is 2. The first-order valence-corrected chi connectivity index (χ1v) is 3.33. The van der Waals surface area contributed by atoms with Gasteiger partial charge in [-0.25, -0.2) is 4.98 Å². The van der Waals surface area contributed by atoms with Crippen molar-refractivity contribution >= 4 is 0 Å². The summed E-state index contributed by atoms with van der Waals surface area (Å²) in [6.07, 6.45) is 10.9. The lowest BCUT2D eigenvalue weighted by Gasteiger charge is -1.87. The zero-order chi connectivity index (χ0) is 8.10. The smallest absolute Gasteiger partial charge is 0.180 e. The lowest BCUT2D eigenvalue weighted by Crippen LogP contribution is -1.76. The van der Waals surface area contributed by atoms with E-state index in [9.17, 15) is 0 Å². The highest BCUT2D eigenvalue weighted by Crippen LogP contribution is 2.00. The molecule has 0 bridgehead atoms. The molecule has 2 nitrogen and oxygen atoms in total. The number of oxazole rings is 1. The summed E-state index contributed by atoms with van der Waals surface area (Å²) in [7, 11) is 0. The topological polar surface area (TPSA) is 26.0 Å². The zero-order valence-corrected chi connectivity index (χ0v) is 6.37. The summed E-state index contributed by atoms with van der Waals surface area (Å²) in [5.41, 5.74) is 0.918. The van der Waals surface area contributed by atoms with Gasteiger partial charge in [-0.05, 0) is 12.5 Å². The molecule has 56 valence electrons. The van der Waals surface area contributed by atoms with E-state index in [-0.39, 0.29) is 0 Å². The molecule has 0 aliphatic carbocycles. The van der Waals surface area contributed by atoms with Crippen molar-refractivity contribution in [1.29, 1.82) is 0 Å². The Kier molecular flexibility index (Phi) is 2.51. The summed E-state index contributed by atoms with van der Waals surface area (Å²) in [4.78, 5) is 3.78. The standard InChI is InChI=1S/C9H9NO/c1-3-8(2)4-5-9-6-10-7-11-9/h1,4,6-7H,5H2,2H3/b8-4+. The number of aromatic nitrogens is 1. The normalized spacial score (nSPS) is 11.1. The zero-order valence-electron chi connectivity index (χ0n) is 6.37. The Hall–Kier alpha value is -1.49. The molecule has 0 spiro atoms. The first-order chi connectivity index (χ1) is 5.33. The number of hydrogen-bond donors (Lipinski definition) is 0. The Morgan fingerprint density at radius 3 is 3.27 bits per heavy atom. The molecule has 0 saturated heterocycles. The fraction of sp³-hybridized carbons (Fsp3) is 0.222. The third kappa shape index (κ3) is 2.30. The van der Waals surface area contributed by atoms with Crippen molar-refractivity contribution in [3.05, 3.63) is 30.0 Å². The summed E-state index contributed by atoms with van der Waals surface area (Å²) in [6, 6.07) is 0. The van der Waals surface area contributed by atoms with Crippen LogP contribution in [0.5, 0.6) is 0 Å². The number of rotatable bonds is 2. The minimum Gasteiger partial charge on any atom is -0.448 e. The van der Waals surface area contributed by atoms with E-state index in [1.54, 1.807) is 6.20 Å². The number of terminal acetylenes is 1. The van der Waals surface area contributed by atoms with E-state index in [0.29, 0.717) is 0 Å². The van der Waals surface area contributed by atoms with Gasteiger partial charge in [0.15, 0.2) is 6.39 Å². The van der Waals surface area contributed by atoms with E-state index >= 15 is 0 Å². The summed E-state index contributed by atoms with van der Waals surface area (Å²) in [5.74, 6) is 3.36. The average molecular weight is 147 g/mol. The molecule has 1 aromatic heterocycles. The lowest BCUT2D eigenvalue weighted by molar-refractivity contribution is 0.516. The van der Waals surface area contributed by atoms with Gasteiger partial charge >= 0.3 is 0 Å². The molecule has 1 rings (SSSR count). The van der Waals surface area contributed by atoms with Crippen LogP contribution in [0.3, 0.4) is 0 Å². The van der Waals surface area contributed by atoms with Gasteiger partial charge in [-0.1, -0.05) is 12.0 Å². The van der Waals surface area contributed by atoms with Crippen LogP contribution in [0.25, 0.3) is 0 Å². The van der Waals surface area contributed by atoms with Crippen LogP contribution in [0.15, 0.2) is 28.7 Å². The van der Waals surface area contributed by atoms with Gasteiger partial charge in [-0.15, -0.1) is 6.42 Å². The van der Waals surface area contributed by atoms with Crippen molar-refractivity contribution in [1.82, 2.24) is 4.98 Å². The highest BCUT2D eigenvalue weighted by atomic mass is 16.3. The summed E-state index contributed by atoms with van der Waals surface area (Å²) < 4.78 is 5.00. The van der Waals surface area contributed by atoms with Crippen LogP contribution in [0.4, 0.5) is 0 Å². The van der Waals surface area contributed by atoms with E-state index in [2.05, 4.69) is 10.9 Å². The van der Waals surface area contributed by atoms with E-state index in [0.717, 1.165) is 17.8 Å². The number of nitrogens with zero attached hydrogens (tertiary/aromatic N) is 1. The van der Waals surface area contributed by atoms with Gasteiger partial charge in [-0.3, -0.25) is 0 Å². The Labute approximate surface area is 65.9 Å². The predicted molar refractivity (Wildman–Crippen MR) is 42.8 cm³/mol. The molecule has 0 aromatic carbocycles. The van der Waals surface area contributed by atoms with Crippen molar-refractivity contribution in [2.45, 2.75) is 13.3 Å². The maximum absolute atomic E-state index is 5.15. The van der Waals surface area contributed by atoms with Gasteiger partial charge in [-0.2, -0.15) is 0 Å². The molecule has 0 N–H and O–H groups in total. The van der Waals surface area contributed by atoms with Gasteiger partial charge in [0.25, 0.3) is 0 Å². The van der Waals surface area contributed by atoms with Crippen LogP contribution >= 0.6 is 0 Å². The highest BCUT2D eigenvalue weighted by molar-refractivity contribution is 5.23. The maximum atomic E-state index is 5.15. The van der Waals surface area contributed by atoms with Gasteiger partial charge in [0, 0.05) is 6.42 Å². The predicted octanol–water partition coefficient (Wildman–Crippen LogP) is 1.80. The lowest BCUT2D eigenvalue weighted by atomic mass is 10.2. The second kappa shape index (κ2) is 3.62. The molecule has 1 aromatic rings. The highest BCUT2D eigenvalue weighted by Gasteiger charge is 1.91. The fourth-order valence-electron chi connectivity index (χ4n) is 0.656. The van der Waals surface area contributed by atoms with Crippen molar-refractivity contribution in [2.24, 2.45) is 0 Å². The van der Waals surface area contributed by atoms with Crippen LogP contribution in [0.1, 0.15) is 12.7 Å². The molecule has 0 aliphatic heterocycles. The molecule has 2 heteroatoms. The van der Waals surface area contributed by atoms with Crippen LogP contribution in [-0.4, -0.2) is 4.98 Å². The molecule has 0 atom stereocenters. The Morgan fingerprint density at radius 2 is 2.73 bits per heavy atom. The molecule has 1 heterocycles. The van der Waals surface area contributed by atoms with E-state index in [1.165, 1.54) is 6.39 Å². The van der Waals surface area contributed by atoms with Crippen LogP contribution in [0.2, 0.25) is 0 Å². The Balaban J connectivity index is 2.54. The van der Waals surface area contributed by atoms with Crippen molar-refractivity contribution < 1.29 is 4.42 Å². The van der Waals surface area contributed by atoms with Crippen LogP contribution in [0, 0.1) is 12.3 Å². The van der Waals surface area contributed by atoms with E-state index in [1.807, 2.05) is 13.0 Å². The first kappa shape index (κ1) is 7.62. The third-order valence-electron chi connectivity index (χ3n) is 1.32. The minimum absolute atomic E-state index is 0.718. The first-order valence-electron chi connectivity index (χ1n) is 3.33. The molecular weight excluding hydrogens is 138 g/mol. The molecule has 0 unspecified atom stereocenters. The Morgan fingerprint density at radius 1 is 1.91 bits per heavy atom. The minimum atomic E-state index is 0.718. The summed E-state index contributed by atoms with van der Waals surface area (Å²) in [6.45, 7) is 1.89. The fourth-order valence-corrected chi connectivity index (χ4v) is 0.656. The molecular formula is C9H9NO. The Bertz CT molecular complexity index is 277. The molecule has 0 aliphatic rings. The van der Waals surface area contributed by atoms with Gasteiger partial charge in [0.05, 0.1) is 6.20 Å². The van der Waals surface area contributed by atoms with Crippen molar-refractivity contribution in [2.75, 3.05) is 0 Å². The molecule has 0 amide bonds. The molecule has 0 fully saturated rings. The van der Waals surface area contributed by atoms with Gasteiger partial charge in [0.2, 0.25) is 0 Å². The van der Waals surface area contributed by atoms with E-state index < -0.39 is 0 Å². The van der Waals surface area contributed by atoms with Gasteiger partial charge < -0.3 is 4.42 Å². The second-order valence-electron chi connectivity index (χ2n) is 2.20. The van der Waals surface area contributed by atoms with Crippen LogP contribution in [-0.2, 0) is 6.42 Å². The largest absolute Gasteiger partial charge is 0.448 e. The molecule has 0 radical (unpaired) electrons. The average Bonchev–Trinajstić information content (AvgIpc) is 2.52. The quantitative estimate of drug-likeness (QED) is 0.596. The molecule has 0 saturated carbocycles. The van der Waals surface area contributed by atoms with Crippen molar-refractivity contribution in [3.63, 3.8) is 0 Å².